The first kappa shape index (κ1) is 109. The first-order valence-electron chi connectivity index (χ1n) is 38.4. The lowest BCUT2D eigenvalue weighted by atomic mass is 10.0. The molecule has 0 aliphatic rings. The normalized spacial score (nSPS) is 10.3. The summed E-state index contributed by atoms with van der Waals surface area (Å²) >= 11 is 12.2. The maximum Gasteiger partial charge on any atom is 0.229 e. The van der Waals surface area contributed by atoms with Gasteiger partial charge in [0.05, 0.1) is 91.6 Å². The van der Waals surface area contributed by atoms with Gasteiger partial charge in [-0.25, -0.2) is 0 Å². The van der Waals surface area contributed by atoms with Crippen molar-refractivity contribution in [2.75, 3.05) is 195 Å². The molecule has 0 aliphatic heterocycles. The van der Waals surface area contributed by atoms with Gasteiger partial charge in [-0.3, -0.25) is 24.0 Å². The summed E-state index contributed by atoms with van der Waals surface area (Å²) < 4.78 is 36.8. The molecule has 0 atom stereocenters. The summed E-state index contributed by atoms with van der Waals surface area (Å²) in [6, 6.07) is 0. The highest BCUT2D eigenvalue weighted by atomic mass is 32.1. The summed E-state index contributed by atoms with van der Waals surface area (Å²) in [5.41, 5.74) is 47.9. The molecule has 0 unspecified atom stereocenters. The van der Waals surface area contributed by atoms with Crippen LogP contribution in [0, 0.1) is 0 Å². The van der Waals surface area contributed by atoms with E-state index in [1.54, 1.807) is 0 Å². The number of unbranched alkanes of at least 4 members (excludes halogenated alkanes) is 23. The molecule has 606 valence electrons. The van der Waals surface area contributed by atoms with Gasteiger partial charge in [0.15, 0.2) is 0 Å². The molecule has 0 radical (unpaired) electrons. The van der Waals surface area contributed by atoms with Gasteiger partial charge in [0.1, 0.15) is 6.54 Å². The van der Waals surface area contributed by atoms with Crippen molar-refractivity contribution in [2.45, 2.75) is 225 Å². The maximum absolute atomic E-state index is 11.6. The highest BCUT2D eigenvalue weighted by Gasteiger charge is 2.04. The SMILES string of the molecule is CCCOCCOCCOCCOCCC(=O)NCCCCCN.NCCCCCNC(=O)CCCCCCCCCCCCCCS.NCCCCCNC(=O)CCCCCS.NCCCCCNC(=O)CS.[N-]=[N+]=NCC(=O)NCCCCCN.[N-]=[N+]=NCCOCCOCCOCCN. The van der Waals surface area contributed by atoms with Crippen molar-refractivity contribution in [1.29, 1.82) is 0 Å². The fourth-order valence-electron chi connectivity index (χ4n) is 8.43. The van der Waals surface area contributed by atoms with Crippen LogP contribution in [0.4, 0.5) is 0 Å². The van der Waals surface area contributed by atoms with Crippen molar-refractivity contribution in [3.8, 4) is 0 Å². The topological polar surface area (TPSA) is 464 Å². The summed E-state index contributed by atoms with van der Waals surface area (Å²) in [5, 5.41) is 20.6. The first-order valence-corrected chi connectivity index (χ1v) is 40.3. The fourth-order valence-corrected chi connectivity index (χ4v) is 8.99. The molecule has 0 spiro atoms. The molecule has 102 heavy (non-hydrogen) atoms. The molecule has 0 saturated heterocycles. The van der Waals surface area contributed by atoms with Crippen molar-refractivity contribution in [3.05, 3.63) is 20.9 Å². The van der Waals surface area contributed by atoms with E-state index in [0.717, 1.165) is 186 Å². The third-order valence-corrected chi connectivity index (χ3v) is 15.1. The monoisotopic (exact) mass is 1520 g/mol. The van der Waals surface area contributed by atoms with Crippen molar-refractivity contribution < 1.29 is 57.1 Å². The summed E-state index contributed by atoms with van der Waals surface area (Å²) in [7, 11) is 0. The molecule has 0 rings (SSSR count). The van der Waals surface area contributed by atoms with E-state index in [1.165, 1.54) is 70.6 Å². The zero-order chi connectivity index (χ0) is 76.5. The second-order valence-electron chi connectivity index (χ2n) is 23.6. The number of ether oxygens (including phenoxy) is 7. The Balaban J connectivity index is -0.000000278. The van der Waals surface area contributed by atoms with Gasteiger partial charge in [0.25, 0.3) is 0 Å². The number of hydrogen-bond donors (Lipinski definition) is 14. The van der Waals surface area contributed by atoms with E-state index in [1.807, 2.05) is 0 Å². The van der Waals surface area contributed by atoms with Gasteiger partial charge >= 0.3 is 0 Å². The number of carbonyl (C=O) groups is 5. The molecule has 0 aromatic rings. The van der Waals surface area contributed by atoms with E-state index in [-0.39, 0.29) is 41.8 Å². The van der Waals surface area contributed by atoms with E-state index in [9.17, 15) is 24.0 Å². The highest BCUT2D eigenvalue weighted by molar-refractivity contribution is 7.81. The third kappa shape index (κ3) is 120. The van der Waals surface area contributed by atoms with Gasteiger partial charge in [-0.15, -0.1) is 0 Å². The lowest BCUT2D eigenvalue weighted by Gasteiger charge is -2.07. The molecule has 0 saturated carbocycles. The van der Waals surface area contributed by atoms with Gasteiger partial charge in [0, 0.05) is 81.5 Å². The van der Waals surface area contributed by atoms with Crippen LogP contribution in [-0.4, -0.2) is 224 Å². The number of rotatable bonds is 72. The second-order valence-corrected chi connectivity index (χ2v) is 24.8. The van der Waals surface area contributed by atoms with Crippen LogP contribution in [0.5, 0.6) is 0 Å². The summed E-state index contributed by atoms with van der Waals surface area (Å²) in [6.07, 6.45) is 37.3. The minimum Gasteiger partial charge on any atom is -0.379 e. The number of nitrogens with zero attached hydrogens (tertiary/aromatic N) is 6. The van der Waals surface area contributed by atoms with Gasteiger partial charge in [-0.05, 0) is 152 Å². The molecule has 0 bridgehead atoms. The molecule has 0 aromatic carbocycles. The van der Waals surface area contributed by atoms with Crippen molar-refractivity contribution in [2.24, 2.45) is 44.6 Å². The van der Waals surface area contributed by atoms with E-state index < -0.39 is 0 Å². The second kappa shape index (κ2) is 108. The van der Waals surface area contributed by atoms with Crippen LogP contribution < -0.4 is 61.0 Å². The predicted molar refractivity (Wildman–Crippen MR) is 427 cm³/mol. The molecule has 0 fully saturated rings. The summed E-state index contributed by atoms with van der Waals surface area (Å²) in [5.74, 6) is 2.44. The number of thiol groups is 3. The van der Waals surface area contributed by atoms with Crippen LogP contribution in [0.15, 0.2) is 10.2 Å². The number of nitrogens with one attached hydrogen (secondary N) is 5. The Morgan fingerprint density at radius 3 is 0.902 bits per heavy atom. The summed E-state index contributed by atoms with van der Waals surface area (Å²) in [6.45, 7) is 17.8. The molecule has 0 aliphatic carbocycles. The zero-order valence-corrected chi connectivity index (χ0v) is 66.3. The Bertz CT molecular complexity index is 1730. The Hall–Kier alpha value is -3.50. The van der Waals surface area contributed by atoms with Crippen molar-refractivity contribution >= 4 is 67.4 Å². The minimum absolute atomic E-state index is 0.00100. The zero-order valence-electron chi connectivity index (χ0n) is 63.6. The van der Waals surface area contributed by atoms with Crippen LogP contribution in [0.2, 0.25) is 0 Å². The third-order valence-electron chi connectivity index (χ3n) is 14.2. The number of amides is 5. The van der Waals surface area contributed by atoms with E-state index in [0.29, 0.717) is 144 Å². The average Bonchev–Trinajstić information content (AvgIpc) is 3.86. The molecule has 0 heterocycles. The van der Waals surface area contributed by atoms with Crippen LogP contribution >= 0.6 is 37.9 Å². The quantitative estimate of drug-likeness (QED) is 0.00887. The van der Waals surface area contributed by atoms with Crippen molar-refractivity contribution in [3.63, 3.8) is 0 Å². The number of nitrogens with two attached hydrogens (primary N) is 6. The van der Waals surface area contributed by atoms with Gasteiger partial charge in [-0.2, -0.15) is 37.9 Å². The lowest BCUT2D eigenvalue weighted by molar-refractivity contribution is -0.122. The summed E-state index contributed by atoms with van der Waals surface area (Å²) in [4.78, 5) is 61.0. The highest BCUT2D eigenvalue weighted by Crippen LogP contribution is 2.13. The fraction of sp³-hybridized carbons (Fsp3) is 0.929. The van der Waals surface area contributed by atoms with Crippen molar-refractivity contribution in [1.82, 2.24) is 26.6 Å². The van der Waals surface area contributed by atoms with Gasteiger partial charge in [0.2, 0.25) is 29.5 Å². The molecular weight excluding hydrogens is 1370 g/mol. The molecule has 0 aromatic heterocycles. The van der Waals surface area contributed by atoms with Gasteiger partial charge < -0.3 is 94.1 Å². The van der Waals surface area contributed by atoms with E-state index in [2.05, 4.69) is 91.4 Å². The van der Waals surface area contributed by atoms with Crippen LogP contribution in [0.25, 0.3) is 20.9 Å². The van der Waals surface area contributed by atoms with Crippen LogP contribution in [0.1, 0.15) is 225 Å². The molecular formula is C70H151N17O12S3. The standard InChI is InChI=1S/C20H42N2OS.C17H36N2O5.C11H24N2OS.C8H18N4O3.C7H15N5O.C7H16N2OS/c21-17-13-11-14-18-22-20(23)16-12-9-7-5-3-1-2-4-6-8-10-15-19-24;1-2-9-21-11-13-23-15-16-24-14-12-22-10-6-17(20)19-8-5-3-4-7-18;12-8-4-2-5-9-13-11(14)7-3-1-6-10-15;9-1-3-13-5-7-15-8-6-14-4-2-11-12-10;8-4-2-1-3-5-10-7(13)6-11-12-9;8-4-2-1-3-5-9-7(10)6-11/h24H,1-19,21H2,(H,22,23);2-16,18H2,1H3,(H,19,20);15H,1-10,12H2,(H,13,14);1-9H2;1-6,8H2,(H,10,13);11H,1-6,8H2,(H,9,10). The Kier molecular flexibility index (Phi) is 116. The molecule has 17 N–H and O–H groups in total. The van der Waals surface area contributed by atoms with E-state index >= 15 is 0 Å². The molecule has 5 amide bonds. The smallest absolute Gasteiger partial charge is 0.229 e. The predicted octanol–water partition coefficient (Wildman–Crippen LogP) is 9.06. The Morgan fingerprint density at radius 2 is 0.578 bits per heavy atom. The Morgan fingerprint density at radius 1 is 0.304 bits per heavy atom. The van der Waals surface area contributed by atoms with Crippen LogP contribution in [0.3, 0.4) is 0 Å². The average molecular weight is 1520 g/mol. The molecule has 32 heteroatoms. The Labute approximate surface area is 633 Å². The number of azide groups is 2. The van der Waals surface area contributed by atoms with E-state index in [4.69, 9.17) is 78.6 Å². The number of carbonyl (C=O) groups excluding carboxylic acids is 5. The first-order chi connectivity index (χ1) is 50.0. The maximum atomic E-state index is 11.6. The minimum atomic E-state index is -0.231. The molecule has 29 nitrogen and oxygen atoms in total. The van der Waals surface area contributed by atoms with Gasteiger partial charge in [-0.1, -0.05) is 120 Å². The largest absolute Gasteiger partial charge is 0.379 e. The lowest BCUT2D eigenvalue weighted by Crippen LogP contribution is -2.26. The number of hydrogen-bond acceptors (Lipinski definition) is 23. The van der Waals surface area contributed by atoms with Crippen LogP contribution in [-0.2, 0) is 57.1 Å².